The van der Waals surface area contributed by atoms with Crippen LogP contribution in [0.2, 0.25) is 0 Å². The summed E-state index contributed by atoms with van der Waals surface area (Å²) < 4.78 is 134. The van der Waals surface area contributed by atoms with Crippen LogP contribution in [0.1, 0.15) is 30.4 Å². The Balaban J connectivity index is 1.26. The molecule has 1 fully saturated rings. The zero-order valence-electron chi connectivity index (χ0n) is 21.4. The highest BCUT2D eigenvalue weighted by molar-refractivity contribution is 5.67. The van der Waals surface area contributed by atoms with E-state index in [-0.39, 0.29) is 16.5 Å². The summed E-state index contributed by atoms with van der Waals surface area (Å²) in [5, 5.41) is 0. The first-order chi connectivity index (χ1) is 19.9. The van der Waals surface area contributed by atoms with E-state index in [0.29, 0.717) is 36.2 Å². The molecule has 0 aliphatic heterocycles. The monoisotopic (exact) mass is 590 g/mol. The molecule has 2 atom stereocenters. The molecule has 0 saturated heterocycles. The van der Waals surface area contributed by atoms with Gasteiger partial charge in [0.15, 0.2) is 17.5 Å². The number of alkyl halides is 2. The largest absolute Gasteiger partial charge is 0.432 e. The fourth-order valence-electron chi connectivity index (χ4n) is 5.88. The SMILES string of the molecule is Fc1cc(OC(F)(F)c2c(F)cc(-c3ccc([C@@]45C=CC(CC4)C5)cc3F)cc2F)ccc1-c1cc(F)c(F)c(F)c1. The van der Waals surface area contributed by atoms with Crippen molar-refractivity contribution < 1.29 is 44.3 Å². The summed E-state index contributed by atoms with van der Waals surface area (Å²) >= 11 is 0. The Bertz CT molecular complexity index is 1720. The van der Waals surface area contributed by atoms with Gasteiger partial charge in [-0.25, -0.2) is 30.7 Å². The van der Waals surface area contributed by atoms with Crippen molar-refractivity contribution in [3.05, 3.63) is 125 Å². The van der Waals surface area contributed by atoms with E-state index >= 15 is 4.39 Å². The zero-order valence-corrected chi connectivity index (χ0v) is 21.4. The minimum absolute atomic E-state index is 0.188. The molecule has 0 radical (unpaired) electrons. The predicted molar refractivity (Wildman–Crippen MR) is 136 cm³/mol. The first-order valence-electron chi connectivity index (χ1n) is 12.9. The Morgan fingerprint density at radius 1 is 0.667 bits per heavy atom. The van der Waals surface area contributed by atoms with Crippen molar-refractivity contribution in [2.45, 2.75) is 30.8 Å². The molecule has 2 aliphatic rings. The summed E-state index contributed by atoms with van der Waals surface area (Å²) in [6, 6.07) is 8.42. The molecule has 2 bridgehead atoms. The van der Waals surface area contributed by atoms with E-state index in [0.717, 1.165) is 37.0 Å². The highest BCUT2D eigenvalue weighted by Gasteiger charge is 2.43. The molecule has 6 rings (SSSR count). The maximum Gasteiger partial charge on any atom is 0.432 e. The van der Waals surface area contributed by atoms with Crippen molar-refractivity contribution in [1.82, 2.24) is 0 Å². The van der Waals surface area contributed by atoms with Crippen molar-refractivity contribution in [1.29, 1.82) is 0 Å². The minimum atomic E-state index is -4.65. The normalized spacial score (nSPS) is 19.5. The molecule has 1 nitrogen and oxygen atoms in total. The van der Waals surface area contributed by atoms with Crippen LogP contribution in [0.4, 0.5) is 39.5 Å². The Hall–Kier alpha value is -4.21. The van der Waals surface area contributed by atoms with Gasteiger partial charge in [-0.15, -0.1) is 0 Å². The Morgan fingerprint density at radius 2 is 1.24 bits per heavy atom. The first-order valence-corrected chi connectivity index (χ1v) is 12.9. The number of fused-ring (bicyclic) bond motifs is 2. The van der Waals surface area contributed by atoms with Crippen LogP contribution >= 0.6 is 0 Å². The van der Waals surface area contributed by atoms with Crippen LogP contribution in [0.15, 0.2) is 72.8 Å². The molecule has 1 unspecified atom stereocenters. The molecule has 0 heterocycles. The maximum atomic E-state index is 15.1. The first kappa shape index (κ1) is 27.9. The molecular weight excluding hydrogens is 571 g/mol. The summed E-state index contributed by atoms with van der Waals surface area (Å²) in [7, 11) is 0. The third kappa shape index (κ3) is 4.72. The third-order valence-electron chi connectivity index (χ3n) is 7.94. The Labute approximate surface area is 233 Å². The molecule has 4 aromatic carbocycles. The fourth-order valence-corrected chi connectivity index (χ4v) is 5.88. The van der Waals surface area contributed by atoms with Crippen molar-refractivity contribution in [2.75, 3.05) is 0 Å². The molecule has 2 aliphatic carbocycles. The molecule has 4 aromatic rings. The predicted octanol–water partition coefficient (Wildman–Crippen LogP) is 9.73. The summed E-state index contributed by atoms with van der Waals surface area (Å²) in [4.78, 5) is 0. The lowest BCUT2D eigenvalue weighted by molar-refractivity contribution is -0.189. The number of allylic oxidation sites excluding steroid dienone is 2. The van der Waals surface area contributed by atoms with Gasteiger partial charge in [0.25, 0.3) is 0 Å². The van der Waals surface area contributed by atoms with Crippen LogP contribution in [0, 0.1) is 46.6 Å². The molecule has 42 heavy (non-hydrogen) atoms. The van der Waals surface area contributed by atoms with E-state index in [4.69, 9.17) is 0 Å². The average Bonchev–Trinajstić information content (AvgIpc) is 3.53. The molecule has 216 valence electrons. The van der Waals surface area contributed by atoms with Gasteiger partial charge in [0, 0.05) is 22.6 Å². The summed E-state index contributed by atoms with van der Waals surface area (Å²) in [6.07, 6.45) is 2.19. The van der Waals surface area contributed by atoms with Gasteiger partial charge in [-0.3, -0.25) is 0 Å². The van der Waals surface area contributed by atoms with E-state index in [1.54, 1.807) is 6.07 Å². The van der Waals surface area contributed by atoms with Gasteiger partial charge < -0.3 is 4.74 Å². The van der Waals surface area contributed by atoms with E-state index in [1.807, 2.05) is 6.08 Å². The molecule has 0 aromatic heterocycles. The smallest absolute Gasteiger partial charge is 0.429 e. The summed E-state index contributed by atoms with van der Waals surface area (Å²) in [6.45, 7) is 0. The molecule has 0 amide bonds. The lowest BCUT2D eigenvalue weighted by atomic mass is 9.79. The Morgan fingerprint density at radius 3 is 1.74 bits per heavy atom. The number of benzene rings is 4. The van der Waals surface area contributed by atoms with Gasteiger partial charge >= 0.3 is 6.11 Å². The average molecular weight is 590 g/mol. The maximum absolute atomic E-state index is 15.1. The zero-order chi connectivity index (χ0) is 30.0. The number of rotatable bonds is 6. The van der Waals surface area contributed by atoms with Gasteiger partial charge in [-0.05, 0) is 84.3 Å². The Kier molecular flexibility index (Phi) is 6.62. The van der Waals surface area contributed by atoms with E-state index in [1.165, 1.54) is 12.1 Å². The van der Waals surface area contributed by atoms with Crippen molar-refractivity contribution in [3.63, 3.8) is 0 Å². The quantitative estimate of drug-likeness (QED) is 0.123. The highest BCUT2D eigenvalue weighted by atomic mass is 19.3. The number of hydrogen-bond donors (Lipinski definition) is 0. The lowest BCUT2D eigenvalue weighted by Crippen LogP contribution is -2.25. The van der Waals surface area contributed by atoms with E-state index in [2.05, 4.69) is 10.8 Å². The topological polar surface area (TPSA) is 9.23 Å². The number of ether oxygens (including phenoxy) is 1. The second-order valence-corrected chi connectivity index (χ2v) is 10.5. The van der Waals surface area contributed by atoms with Crippen molar-refractivity contribution in [3.8, 4) is 28.0 Å². The van der Waals surface area contributed by atoms with Gasteiger partial charge in [0.1, 0.15) is 34.6 Å². The van der Waals surface area contributed by atoms with Crippen molar-refractivity contribution >= 4 is 0 Å². The third-order valence-corrected chi connectivity index (χ3v) is 7.94. The minimum Gasteiger partial charge on any atom is -0.429 e. The molecular formula is C32H19F9O. The van der Waals surface area contributed by atoms with E-state index < -0.39 is 69.3 Å². The summed E-state index contributed by atoms with van der Waals surface area (Å²) in [5.41, 5.74) is -2.75. The summed E-state index contributed by atoms with van der Waals surface area (Å²) in [5.74, 6) is -10.9. The fraction of sp³-hybridized carbons (Fsp3) is 0.188. The standard InChI is InChI=1S/C32H19F9O/c33-23-13-19(31-7-5-16(15-31)6-8-31)1-3-21(23)17-9-25(35)29(26(36)10-17)32(40,41)42-20-2-4-22(24(34)14-20)18-11-27(37)30(39)28(38)12-18/h1-5,7,9-14,16H,6,8,15H2/t16?,31-/m0/s1. The number of halogens is 9. The lowest BCUT2D eigenvalue weighted by Gasteiger charge is -2.24. The molecule has 10 heteroatoms. The van der Waals surface area contributed by atoms with Crippen molar-refractivity contribution in [2.24, 2.45) is 5.92 Å². The second kappa shape index (κ2) is 9.96. The molecule has 0 spiro atoms. The van der Waals surface area contributed by atoms with Gasteiger partial charge in [0.2, 0.25) is 0 Å². The van der Waals surface area contributed by atoms with Crippen LogP contribution < -0.4 is 4.74 Å². The highest BCUT2D eigenvalue weighted by Crippen LogP contribution is 2.51. The van der Waals surface area contributed by atoms with E-state index in [9.17, 15) is 35.1 Å². The molecule has 1 saturated carbocycles. The van der Waals surface area contributed by atoms with Gasteiger partial charge in [0.05, 0.1) is 0 Å². The van der Waals surface area contributed by atoms with Gasteiger partial charge in [-0.2, -0.15) is 8.78 Å². The van der Waals surface area contributed by atoms with Crippen LogP contribution in [0.5, 0.6) is 5.75 Å². The van der Waals surface area contributed by atoms with Crippen LogP contribution in [-0.2, 0) is 11.5 Å². The van der Waals surface area contributed by atoms with Crippen LogP contribution in [0.3, 0.4) is 0 Å². The number of hydrogen-bond acceptors (Lipinski definition) is 1. The second-order valence-electron chi connectivity index (χ2n) is 10.5. The van der Waals surface area contributed by atoms with Gasteiger partial charge in [-0.1, -0.05) is 24.3 Å². The van der Waals surface area contributed by atoms with Crippen LogP contribution in [-0.4, -0.2) is 0 Å². The van der Waals surface area contributed by atoms with Crippen LogP contribution in [0.25, 0.3) is 22.3 Å². The molecule has 0 N–H and O–H groups in total.